The molecule has 2 amide bonds. The van der Waals surface area contributed by atoms with Gasteiger partial charge in [-0.2, -0.15) is 0 Å². The van der Waals surface area contributed by atoms with Crippen molar-refractivity contribution < 1.29 is 28.6 Å². The Balaban J connectivity index is 4.68. The van der Waals surface area contributed by atoms with E-state index in [4.69, 9.17) is 14.2 Å². The van der Waals surface area contributed by atoms with Crippen LogP contribution in [0.3, 0.4) is 0 Å². The molecular weight excluding hydrogens is 316 g/mol. The summed E-state index contributed by atoms with van der Waals surface area (Å²) in [6.45, 7) is 6.14. The number of carbonyl (C=O) groups excluding carboxylic acids is 3. The van der Waals surface area contributed by atoms with Crippen LogP contribution in [-0.2, 0) is 23.8 Å². The van der Waals surface area contributed by atoms with Gasteiger partial charge in [-0.05, 0) is 19.8 Å². The van der Waals surface area contributed by atoms with Gasteiger partial charge >= 0.3 is 12.1 Å². The molecule has 0 saturated carbocycles. The lowest BCUT2D eigenvalue weighted by Gasteiger charge is -2.22. The molecule has 0 heterocycles. The molecule has 0 bridgehead atoms. The van der Waals surface area contributed by atoms with Crippen LogP contribution < -0.4 is 10.6 Å². The summed E-state index contributed by atoms with van der Waals surface area (Å²) in [5, 5.41) is 5.17. The van der Waals surface area contributed by atoms with Crippen LogP contribution in [-0.4, -0.2) is 57.0 Å². The lowest BCUT2D eigenvalue weighted by atomic mass is 10.1. The highest BCUT2D eigenvalue weighted by Crippen LogP contribution is 2.04. The molecule has 0 aliphatic rings. The predicted molar refractivity (Wildman–Crippen MR) is 88.5 cm³/mol. The third-order valence-electron chi connectivity index (χ3n) is 3.17. The van der Waals surface area contributed by atoms with Gasteiger partial charge in [-0.3, -0.25) is 4.79 Å². The van der Waals surface area contributed by atoms with Crippen molar-refractivity contribution in [1.29, 1.82) is 0 Å². The van der Waals surface area contributed by atoms with Gasteiger partial charge in [0, 0.05) is 7.11 Å². The lowest BCUT2D eigenvalue weighted by Crippen LogP contribution is -2.52. The van der Waals surface area contributed by atoms with Gasteiger partial charge in [-0.1, -0.05) is 26.7 Å². The Bertz CT molecular complexity index is 389. The van der Waals surface area contributed by atoms with Crippen LogP contribution in [0.5, 0.6) is 0 Å². The maximum absolute atomic E-state index is 12.4. The van der Waals surface area contributed by atoms with Crippen LogP contribution in [0.2, 0.25) is 0 Å². The van der Waals surface area contributed by atoms with Crippen LogP contribution in [0.4, 0.5) is 4.79 Å². The standard InChI is InChI=1S/C16H30N2O6/c1-5-8-12(18-16(21)24-11-10-22-4)14(19)17-13(9-6-2)15(20)23-7-3/h12-13H,5-11H2,1-4H3,(H,17,19)(H,18,21). The minimum absolute atomic E-state index is 0.101. The Morgan fingerprint density at radius 3 is 2.04 bits per heavy atom. The van der Waals surface area contributed by atoms with Gasteiger partial charge in [-0.15, -0.1) is 0 Å². The summed E-state index contributed by atoms with van der Waals surface area (Å²) in [6, 6.07) is -1.48. The smallest absolute Gasteiger partial charge is 0.407 e. The largest absolute Gasteiger partial charge is 0.464 e. The molecule has 2 unspecified atom stereocenters. The highest BCUT2D eigenvalue weighted by molar-refractivity contribution is 5.89. The van der Waals surface area contributed by atoms with Crippen molar-refractivity contribution in [1.82, 2.24) is 10.6 Å². The van der Waals surface area contributed by atoms with Crippen molar-refractivity contribution in [2.75, 3.05) is 26.9 Å². The van der Waals surface area contributed by atoms with Crippen molar-refractivity contribution in [3.05, 3.63) is 0 Å². The Hall–Kier alpha value is -1.83. The zero-order valence-corrected chi connectivity index (χ0v) is 15.1. The molecule has 0 saturated heterocycles. The number of nitrogens with one attached hydrogen (secondary N) is 2. The SMILES string of the molecule is CCCC(NC(=O)OCCOC)C(=O)NC(CCC)C(=O)OCC. The van der Waals surface area contributed by atoms with Crippen LogP contribution >= 0.6 is 0 Å². The summed E-state index contributed by atoms with van der Waals surface area (Å²) < 4.78 is 14.7. The molecule has 24 heavy (non-hydrogen) atoms. The Morgan fingerprint density at radius 2 is 1.50 bits per heavy atom. The highest BCUT2D eigenvalue weighted by Gasteiger charge is 2.26. The molecule has 0 aliphatic heterocycles. The third kappa shape index (κ3) is 9.34. The second kappa shape index (κ2) is 13.6. The molecule has 0 aromatic heterocycles. The number of methoxy groups -OCH3 is 1. The van der Waals surface area contributed by atoms with Crippen LogP contribution in [0.15, 0.2) is 0 Å². The Morgan fingerprint density at radius 1 is 0.875 bits per heavy atom. The minimum Gasteiger partial charge on any atom is -0.464 e. The average molecular weight is 346 g/mol. The van der Waals surface area contributed by atoms with E-state index in [1.807, 2.05) is 13.8 Å². The number of esters is 1. The molecule has 2 atom stereocenters. The summed E-state index contributed by atoms with van der Waals surface area (Å²) in [4.78, 5) is 36.0. The van der Waals surface area contributed by atoms with Gasteiger partial charge in [0.2, 0.25) is 5.91 Å². The van der Waals surface area contributed by atoms with E-state index < -0.39 is 30.1 Å². The summed E-state index contributed by atoms with van der Waals surface area (Å²) in [5.74, 6) is -0.891. The predicted octanol–water partition coefficient (Wildman–Crippen LogP) is 1.38. The molecule has 0 aliphatic carbocycles. The van der Waals surface area contributed by atoms with E-state index in [2.05, 4.69) is 10.6 Å². The first-order chi connectivity index (χ1) is 11.5. The molecular formula is C16H30N2O6. The maximum atomic E-state index is 12.4. The number of alkyl carbamates (subject to hydrolysis) is 1. The molecule has 140 valence electrons. The maximum Gasteiger partial charge on any atom is 0.407 e. The van der Waals surface area contributed by atoms with E-state index in [1.54, 1.807) is 6.92 Å². The Labute approximate surface area is 143 Å². The summed E-state index contributed by atoms with van der Waals surface area (Å²) in [6.07, 6.45) is 1.63. The molecule has 0 rings (SSSR count). The highest BCUT2D eigenvalue weighted by atomic mass is 16.6. The van der Waals surface area contributed by atoms with Gasteiger partial charge < -0.3 is 24.8 Å². The van der Waals surface area contributed by atoms with E-state index in [-0.39, 0.29) is 19.8 Å². The monoisotopic (exact) mass is 346 g/mol. The lowest BCUT2D eigenvalue weighted by molar-refractivity contribution is -0.147. The first-order valence-electron chi connectivity index (χ1n) is 8.39. The third-order valence-corrected chi connectivity index (χ3v) is 3.17. The fourth-order valence-corrected chi connectivity index (χ4v) is 2.01. The van der Waals surface area contributed by atoms with Gasteiger partial charge in [0.15, 0.2) is 0 Å². The first-order valence-corrected chi connectivity index (χ1v) is 8.39. The van der Waals surface area contributed by atoms with Gasteiger partial charge in [0.25, 0.3) is 0 Å². The summed E-state index contributed by atoms with van der Waals surface area (Å²) in [7, 11) is 1.50. The second-order valence-corrected chi connectivity index (χ2v) is 5.22. The number of carbonyl (C=O) groups is 3. The van der Waals surface area contributed by atoms with Crippen molar-refractivity contribution in [3.8, 4) is 0 Å². The van der Waals surface area contributed by atoms with E-state index in [1.165, 1.54) is 7.11 Å². The zero-order valence-electron chi connectivity index (χ0n) is 15.1. The van der Waals surface area contributed by atoms with E-state index in [0.717, 1.165) is 0 Å². The molecule has 8 nitrogen and oxygen atoms in total. The van der Waals surface area contributed by atoms with Crippen molar-refractivity contribution in [2.24, 2.45) is 0 Å². The fourth-order valence-electron chi connectivity index (χ4n) is 2.01. The number of rotatable bonds is 12. The normalized spacial score (nSPS) is 12.8. The van der Waals surface area contributed by atoms with E-state index in [0.29, 0.717) is 25.7 Å². The van der Waals surface area contributed by atoms with Gasteiger partial charge in [-0.25, -0.2) is 9.59 Å². The van der Waals surface area contributed by atoms with Crippen molar-refractivity contribution >= 4 is 18.0 Å². The Kier molecular flexibility index (Phi) is 12.6. The van der Waals surface area contributed by atoms with Gasteiger partial charge in [0.05, 0.1) is 13.2 Å². The van der Waals surface area contributed by atoms with E-state index >= 15 is 0 Å². The van der Waals surface area contributed by atoms with Crippen LogP contribution in [0, 0.1) is 0 Å². The molecule has 8 heteroatoms. The van der Waals surface area contributed by atoms with Crippen LogP contribution in [0.25, 0.3) is 0 Å². The average Bonchev–Trinajstić information content (AvgIpc) is 2.54. The zero-order chi connectivity index (χ0) is 18.4. The first kappa shape index (κ1) is 22.2. The molecule has 0 aromatic carbocycles. The number of hydrogen-bond acceptors (Lipinski definition) is 6. The molecule has 2 N–H and O–H groups in total. The molecule has 0 aromatic rings. The summed E-state index contributed by atoms with van der Waals surface area (Å²) in [5.41, 5.74) is 0. The second-order valence-electron chi connectivity index (χ2n) is 5.22. The minimum atomic E-state index is -0.765. The van der Waals surface area contributed by atoms with Crippen molar-refractivity contribution in [2.45, 2.75) is 58.5 Å². The van der Waals surface area contributed by atoms with Crippen LogP contribution in [0.1, 0.15) is 46.5 Å². The quantitative estimate of drug-likeness (QED) is 0.409. The van der Waals surface area contributed by atoms with Gasteiger partial charge in [0.1, 0.15) is 18.7 Å². The molecule has 0 spiro atoms. The topological polar surface area (TPSA) is 103 Å². The van der Waals surface area contributed by atoms with E-state index in [9.17, 15) is 14.4 Å². The van der Waals surface area contributed by atoms with Crippen molar-refractivity contribution in [3.63, 3.8) is 0 Å². The number of amides is 2. The number of hydrogen-bond donors (Lipinski definition) is 2. The molecule has 0 fully saturated rings. The summed E-state index contributed by atoms with van der Waals surface area (Å²) >= 11 is 0. The fraction of sp³-hybridized carbons (Fsp3) is 0.812. The number of ether oxygens (including phenoxy) is 3. The molecule has 0 radical (unpaired) electrons.